The minimum atomic E-state index is -3.48. The van der Waals surface area contributed by atoms with Crippen molar-refractivity contribution in [1.29, 1.82) is 0 Å². The average Bonchev–Trinajstić information content (AvgIpc) is 2.96. The van der Waals surface area contributed by atoms with E-state index < -0.39 is 10.0 Å². The maximum absolute atomic E-state index is 13.0. The van der Waals surface area contributed by atoms with Gasteiger partial charge in [0, 0.05) is 12.2 Å². The molecule has 0 aliphatic carbocycles. The first kappa shape index (κ1) is 16.8. The second kappa shape index (κ2) is 6.81. The molecule has 0 saturated carbocycles. The predicted molar refractivity (Wildman–Crippen MR) is 97.1 cm³/mol. The molecule has 0 saturated heterocycles. The molecule has 126 valence electrons. The van der Waals surface area contributed by atoms with Crippen LogP contribution >= 0.6 is 0 Å². The van der Waals surface area contributed by atoms with Gasteiger partial charge >= 0.3 is 0 Å². The van der Waals surface area contributed by atoms with Crippen LogP contribution in [0.25, 0.3) is 0 Å². The minimum Gasteiger partial charge on any atom is -0.270 e. The van der Waals surface area contributed by atoms with Gasteiger partial charge in [-0.15, -0.1) is 0 Å². The topological polar surface area (TPSA) is 37.4 Å². The number of benzene rings is 2. The zero-order chi connectivity index (χ0) is 17.2. The summed E-state index contributed by atoms with van der Waals surface area (Å²) in [4.78, 5) is 0.365. The maximum atomic E-state index is 13.0. The molecule has 1 atom stereocenters. The van der Waals surface area contributed by atoms with Crippen LogP contribution in [0.1, 0.15) is 30.9 Å². The van der Waals surface area contributed by atoms with Gasteiger partial charge < -0.3 is 0 Å². The van der Waals surface area contributed by atoms with E-state index in [2.05, 4.69) is 12.1 Å². The second-order valence-electron chi connectivity index (χ2n) is 6.51. The molecule has 1 unspecified atom stereocenters. The van der Waals surface area contributed by atoms with Gasteiger partial charge in [-0.25, -0.2) is 8.42 Å². The van der Waals surface area contributed by atoms with Crippen LogP contribution in [-0.2, 0) is 16.4 Å². The van der Waals surface area contributed by atoms with E-state index in [1.165, 1.54) is 5.56 Å². The Hall–Kier alpha value is -2.07. The normalized spacial score (nSPS) is 17.8. The molecule has 0 spiro atoms. The third kappa shape index (κ3) is 3.54. The lowest BCUT2D eigenvalue weighted by Gasteiger charge is -2.25. The molecule has 0 bridgehead atoms. The highest BCUT2D eigenvalue weighted by Crippen LogP contribution is 2.31. The van der Waals surface area contributed by atoms with Crippen molar-refractivity contribution >= 4 is 10.0 Å². The standard InChI is InChI=1S/C20H23NO2S/c1-16-8-12-20(13-9-16)24(22,23)21-15-17(2)14-19(21)11-10-18-6-4-3-5-7-18/h3-9,12-13,15,19H,10-11,14H2,1-2H3. The van der Waals surface area contributed by atoms with Gasteiger partial charge in [-0.05, 0) is 50.8 Å². The van der Waals surface area contributed by atoms with Gasteiger partial charge in [-0.1, -0.05) is 53.6 Å². The Kier molecular flexibility index (Phi) is 4.76. The number of aryl methyl sites for hydroxylation is 2. The third-order valence-corrected chi connectivity index (χ3v) is 6.30. The number of sulfonamides is 1. The summed E-state index contributed by atoms with van der Waals surface area (Å²) >= 11 is 0. The van der Waals surface area contributed by atoms with Crippen LogP contribution in [0.4, 0.5) is 0 Å². The fourth-order valence-electron chi connectivity index (χ4n) is 3.14. The van der Waals surface area contributed by atoms with Crippen LogP contribution in [-0.4, -0.2) is 18.8 Å². The molecule has 0 radical (unpaired) electrons. The fraction of sp³-hybridized carbons (Fsp3) is 0.300. The van der Waals surface area contributed by atoms with Gasteiger partial charge in [0.15, 0.2) is 0 Å². The monoisotopic (exact) mass is 341 g/mol. The molecule has 2 aromatic rings. The Labute approximate surface area is 144 Å². The van der Waals surface area contributed by atoms with E-state index in [0.717, 1.165) is 30.4 Å². The predicted octanol–water partition coefficient (Wildman–Crippen LogP) is 4.29. The summed E-state index contributed by atoms with van der Waals surface area (Å²) in [7, 11) is -3.48. The smallest absolute Gasteiger partial charge is 0.264 e. The lowest BCUT2D eigenvalue weighted by molar-refractivity contribution is 0.401. The van der Waals surface area contributed by atoms with E-state index in [4.69, 9.17) is 0 Å². The summed E-state index contributed by atoms with van der Waals surface area (Å²) in [5.74, 6) is 0. The van der Waals surface area contributed by atoms with Crippen LogP contribution in [0.2, 0.25) is 0 Å². The molecule has 24 heavy (non-hydrogen) atoms. The zero-order valence-electron chi connectivity index (χ0n) is 14.1. The number of hydrogen-bond donors (Lipinski definition) is 0. The SMILES string of the molecule is CC1=CN(S(=O)(=O)c2ccc(C)cc2)C(CCc2ccccc2)C1. The van der Waals surface area contributed by atoms with E-state index in [1.807, 2.05) is 44.2 Å². The zero-order valence-corrected chi connectivity index (χ0v) is 15.0. The molecule has 2 aromatic carbocycles. The lowest BCUT2D eigenvalue weighted by atomic mass is 10.0. The average molecular weight is 341 g/mol. The van der Waals surface area contributed by atoms with E-state index in [-0.39, 0.29) is 6.04 Å². The van der Waals surface area contributed by atoms with E-state index in [1.54, 1.807) is 22.6 Å². The van der Waals surface area contributed by atoms with Crippen LogP contribution in [0.5, 0.6) is 0 Å². The van der Waals surface area contributed by atoms with E-state index >= 15 is 0 Å². The highest BCUT2D eigenvalue weighted by molar-refractivity contribution is 7.89. The van der Waals surface area contributed by atoms with Crippen LogP contribution in [0.3, 0.4) is 0 Å². The van der Waals surface area contributed by atoms with Crippen molar-refractivity contribution in [2.24, 2.45) is 0 Å². The van der Waals surface area contributed by atoms with Crippen LogP contribution in [0, 0.1) is 6.92 Å². The molecule has 1 aliphatic heterocycles. The van der Waals surface area contributed by atoms with E-state index in [9.17, 15) is 8.42 Å². The van der Waals surface area contributed by atoms with Crippen molar-refractivity contribution in [2.75, 3.05) is 0 Å². The van der Waals surface area contributed by atoms with Crippen molar-refractivity contribution < 1.29 is 8.42 Å². The van der Waals surface area contributed by atoms with Gasteiger partial charge in [0.05, 0.1) is 4.90 Å². The molecule has 3 nitrogen and oxygen atoms in total. The highest BCUT2D eigenvalue weighted by atomic mass is 32.2. The molecule has 0 aromatic heterocycles. The first-order valence-corrected chi connectivity index (χ1v) is 9.72. The summed E-state index contributed by atoms with van der Waals surface area (Å²) in [6.07, 6.45) is 4.30. The van der Waals surface area contributed by atoms with Crippen molar-refractivity contribution in [3.8, 4) is 0 Å². The van der Waals surface area contributed by atoms with Gasteiger partial charge in [-0.2, -0.15) is 0 Å². The Bertz CT molecular complexity index is 824. The second-order valence-corrected chi connectivity index (χ2v) is 8.35. The summed E-state index contributed by atoms with van der Waals surface area (Å²) in [6, 6.07) is 17.3. The van der Waals surface area contributed by atoms with Crippen LogP contribution in [0.15, 0.2) is 71.3 Å². The Morgan fingerprint density at radius 3 is 2.33 bits per heavy atom. The number of rotatable bonds is 5. The minimum absolute atomic E-state index is 0.00323. The van der Waals surface area contributed by atoms with Gasteiger partial charge in [-0.3, -0.25) is 4.31 Å². The molecule has 0 amide bonds. The number of nitrogens with zero attached hydrogens (tertiary/aromatic N) is 1. The van der Waals surface area contributed by atoms with Gasteiger partial charge in [0.1, 0.15) is 0 Å². The lowest BCUT2D eigenvalue weighted by Crippen LogP contribution is -2.33. The third-order valence-electron chi connectivity index (χ3n) is 4.47. The largest absolute Gasteiger partial charge is 0.270 e. The Morgan fingerprint density at radius 2 is 1.67 bits per heavy atom. The molecule has 1 heterocycles. The fourth-order valence-corrected chi connectivity index (χ4v) is 4.76. The number of hydrogen-bond acceptors (Lipinski definition) is 2. The summed E-state index contributed by atoms with van der Waals surface area (Å²) < 4.78 is 27.6. The Balaban J connectivity index is 1.80. The first-order chi connectivity index (χ1) is 11.5. The van der Waals surface area contributed by atoms with Crippen molar-refractivity contribution in [3.05, 3.63) is 77.5 Å². The molecule has 0 N–H and O–H groups in total. The van der Waals surface area contributed by atoms with E-state index in [0.29, 0.717) is 4.90 Å². The van der Waals surface area contributed by atoms with Crippen molar-refractivity contribution in [3.63, 3.8) is 0 Å². The summed E-state index contributed by atoms with van der Waals surface area (Å²) in [5.41, 5.74) is 3.42. The molecular formula is C20H23NO2S. The molecule has 4 heteroatoms. The summed E-state index contributed by atoms with van der Waals surface area (Å²) in [5, 5.41) is 0. The summed E-state index contributed by atoms with van der Waals surface area (Å²) in [6.45, 7) is 3.96. The van der Waals surface area contributed by atoms with Gasteiger partial charge in [0.25, 0.3) is 10.0 Å². The van der Waals surface area contributed by atoms with Gasteiger partial charge in [0.2, 0.25) is 0 Å². The maximum Gasteiger partial charge on any atom is 0.264 e. The molecular weight excluding hydrogens is 318 g/mol. The highest BCUT2D eigenvalue weighted by Gasteiger charge is 2.32. The first-order valence-electron chi connectivity index (χ1n) is 8.28. The van der Waals surface area contributed by atoms with Crippen LogP contribution < -0.4 is 0 Å². The van der Waals surface area contributed by atoms with Crippen molar-refractivity contribution in [1.82, 2.24) is 4.31 Å². The van der Waals surface area contributed by atoms with Crippen molar-refractivity contribution in [2.45, 2.75) is 44.0 Å². The quantitative estimate of drug-likeness (QED) is 0.813. The Morgan fingerprint density at radius 1 is 1.00 bits per heavy atom. The molecule has 1 aliphatic rings. The molecule has 3 rings (SSSR count). The molecule has 0 fully saturated rings.